The third kappa shape index (κ3) is 2.88. The molecule has 3 heterocycles. The quantitative estimate of drug-likeness (QED) is 0.557. The molecule has 0 unspecified atom stereocenters. The smallest absolute Gasteiger partial charge is 0.296 e. The summed E-state index contributed by atoms with van der Waals surface area (Å²) < 4.78 is 14.8. The van der Waals surface area contributed by atoms with Gasteiger partial charge in [0.25, 0.3) is 17.4 Å². The molecule has 1 atom stereocenters. The number of nitrogens with zero attached hydrogens (tertiary/aromatic N) is 3. The van der Waals surface area contributed by atoms with E-state index in [0.717, 1.165) is 5.56 Å². The summed E-state index contributed by atoms with van der Waals surface area (Å²) >= 11 is 5.86. The number of amides is 2. The minimum absolute atomic E-state index is 0.0335. The van der Waals surface area contributed by atoms with E-state index in [1.165, 1.54) is 27.7 Å². The molecule has 3 aromatic rings. The summed E-state index contributed by atoms with van der Waals surface area (Å²) in [6.07, 6.45) is 1.08. The predicted molar refractivity (Wildman–Crippen MR) is 126 cm³/mol. The van der Waals surface area contributed by atoms with Crippen LogP contribution in [0.1, 0.15) is 55.1 Å². The number of fused-ring (bicyclic) bond motifs is 6. The molecular formula is C26H18ClFN4O4. The van der Waals surface area contributed by atoms with Crippen LogP contribution in [-0.2, 0) is 25.0 Å². The summed E-state index contributed by atoms with van der Waals surface area (Å²) in [7, 11) is 0. The molecule has 0 fully saturated rings. The van der Waals surface area contributed by atoms with Crippen molar-refractivity contribution >= 4 is 23.4 Å². The molecule has 2 amide bonds. The number of nitrogens with one attached hydrogen (secondary N) is 1. The highest BCUT2D eigenvalue weighted by Gasteiger charge is 2.52. The van der Waals surface area contributed by atoms with Gasteiger partial charge in [-0.15, -0.1) is 0 Å². The number of pyridine rings is 1. The average molecular weight is 505 g/mol. The van der Waals surface area contributed by atoms with E-state index in [9.17, 15) is 29.1 Å². The van der Waals surface area contributed by atoms with Gasteiger partial charge in [-0.05, 0) is 48.6 Å². The highest BCUT2D eigenvalue weighted by molar-refractivity contribution is 6.30. The molecule has 0 radical (unpaired) electrons. The standard InChI is InChI=1S/C26H18ClFN4O4/c27-17-10-13(4-5-18(17)28)12-31-9-7-16-19(24(31)35)22(33)25(36)32-21(16)23(34)30-26(32)8-6-14-2-1-3-15(11-29)20(14)26/h1-5,10,33H,6-9,12H2,(H,30,34)/t26-/m0/s1. The van der Waals surface area contributed by atoms with Crippen LogP contribution in [0.2, 0.25) is 5.02 Å². The molecule has 180 valence electrons. The summed E-state index contributed by atoms with van der Waals surface area (Å²) in [5, 5.41) is 23.5. The Morgan fingerprint density at radius 3 is 2.75 bits per heavy atom. The maximum atomic E-state index is 13.5. The number of nitriles is 1. The van der Waals surface area contributed by atoms with Crippen molar-refractivity contribution in [2.24, 2.45) is 0 Å². The Hall–Kier alpha value is -4.16. The fourth-order valence-electron chi connectivity index (χ4n) is 5.79. The lowest BCUT2D eigenvalue weighted by Crippen LogP contribution is -2.47. The SMILES string of the molecule is N#Cc1cccc2c1[C@@]1(CC2)NC(=O)c2c3c(c(O)c(=O)n21)C(=O)N(Cc1ccc(F)c(Cl)c1)CC3. The Morgan fingerprint density at radius 1 is 1.19 bits per heavy atom. The number of aromatic hydroxyl groups is 1. The van der Waals surface area contributed by atoms with Gasteiger partial charge in [-0.3, -0.25) is 19.0 Å². The number of rotatable bonds is 2. The van der Waals surface area contributed by atoms with Gasteiger partial charge in [0.1, 0.15) is 17.2 Å². The third-order valence-electron chi connectivity index (χ3n) is 7.30. The number of aryl methyl sites for hydroxylation is 1. The number of aromatic nitrogens is 1. The molecule has 1 aromatic heterocycles. The minimum atomic E-state index is -1.30. The van der Waals surface area contributed by atoms with Gasteiger partial charge in [0.15, 0.2) is 5.75 Å². The summed E-state index contributed by atoms with van der Waals surface area (Å²) in [6.45, 7) is 0.303. The van der Waals surface area contributed by atoms with E-state index in [1.807, 2.05) is 6.07 Å². The summed E-state index contributed by atoms with van der Waals surface area (Å²) in [5.41, 5.74) is 0.246. The van der Waals surface area contributed by atoms with E-state index >= 15 is 0 Å². The molecule has 1 spiro atoms. The van der Waals surface area contributed by atoms with Crippen LogP contribution in [0, 0.1) is 17.1 Å². The van der Waals surface area contributed by atoms with Gasteiger partial charge in [-0.2, -0.15) is 5.26 Å². The molecule has 0 saturated heterocycles. The average Bonchev–Trinajstić information content (AvgIpc) is 3.38. The van der Waals surface area contributed by atoms with Gasteiger partial charge in [0.05, 0.1) is 22.2 Å². The van der Waals surface area contributed by atoms with Gasteiger partial charge >= 0.3 is 0 Å². The Bertz CT molecular complexity index is 1630. The zero-order chi connectivity index (χ0) is 25.4. The number of halogens is 2. The number of carbonyl (C=O) groups is 2. The highest BCUT2D eigenvalue weighted by Crippen LogP contribution is 2.45. The highest BCUT2D eigenvalue weighted by atomic mass is 35.5. The molecule has 0 saturated carbocycles. The zero-order valence-corrected chi connectivity index (χ0v) is 19.5. The first-order chi connectivity index (χ1) is 17.3. The van der Waals surface area contributed by atoms with Crippen LogP contribution in [0.25, 0.3) is 0 Å². The fraction of sp³-hybridized carbons (Fsp3) is 0.231. The van der Waals surface area contributed by atoms with Gasteiger partial charge < -0.3 is 15.3 Å². The van der Waals surface area contributed by atoms with Crippen LogP contribution in [0.15, 0.2) is 41.2 Å². The Balaban J connectivity index is 1.49. The number of carbonyl (C=O) groups excluding carboxylic acids is 2. The third-order valence-corrected chi connectivity index (χ3v) is 7.59. The molecule has 2 aromatic carbocycles. The topological polar surface area (TPSA) is 115 Å². The lowest BCUT2D eigenvalue weighted by molar-refractivity contribution is 0.0721. The van der Waals surface area contributed by atoms with Crippen LogP contribution in [0.5, 0.6) is 5.75 Å². The second-order valence-electron chi connectivity index (χ2n) is 9.18. The van der Waals surface area contributed by atoms with Crippen molar-refractivity contribution < 1.29 is 19.1 Å². The largest absolute Gasteiger partial charge is 0.502 e. The van der Waals surface area contributed by atoms with Crippen molar-refractivity contribution in [3.05, 3.63) is 96.7 Å². The lowest BCUT2D eigenvalue weighted by atomic mass is 9.94. The Labute approximate surface area is 209 Å². The Kier molecular flexibility index (Phi) is 4.75. The molecule has 8 nitrogen and oxygen atoms in total. The van der Waals surface area contributed by atoms with Crippen LogP contribution < -0.4 is 10.9 Å². The monoisotopic (exact) mass is 504 g/mol. The number of hydrogen-bond acceptors (Lipinski definition) is 5. The molecule has 2 aliphatic heterocycles. The molecule has 0 bridgehead atoms. The van der Waals surface area contributed by atoms with E-state index in [2.05, 4.69) is 11.4 Å². The van der Waals surface area contributed by atoms with Gasteiger partial charge in [-0.25, -0.2) is 4.39 Å². The van der Waals surface area contributed by atoms with Crippen molar-refractivity contribution in [2.75, 3.05) is 6.54 Å². The van der Waals surface area contributed by atoms with Gasteiger partial charge in [0.2, 0.25) is 0 Å². The van der Waals surface area contributed by atoms with E-state index in [-0.39, 0.29) is 35.8 Å². The predicted octanol–water partition coefficient (Wildman–Crippen LogP) is 2.81. The van der Waals surface area contributed by atoms with Crippen LogP contribution in [0.3, 0.4) is 0 Å². The van der Waals surface area contributed by atoms with Crippen molar-refractivity contribution in [3.63, 3.8) is 0 Å². The van der Waals surface area contributed by atoms with Crippen molar-refractivity contribution in [1.82, 2.24) is 14.8 Å². The van der Waals surface area contributed by atoms with E-state index in [4.69, 9.17) is 11.6 Å². The van der Waals surface area contributed by atoms with Crippen LogP contribution in [-0.4, -0.2) is 32.9 Å². The molecule has 1 aliphatic carbocycles. The van der Waals surface area contributed by atoms with Crippen molar-refractivity contribution in [3.8, 4) is 11.8 Å². The van der Waals surface area contributed by atoms with Crippen molar-refractivity contribution in [1.29, 1.82) is 5.26 Å². The number of benzene rings is 2. The van der Waals surface area contributed by atoms with Gasteiger partial charge in [-0.1, -0.05) is 29.8 Å². The fourth-order valence-corrected chi connectivity index (χ4v) is 5.99. The van der Waals surface area contributed by atoms with E-state index < -0.39 is 34.6 Å². The number of hydrogen-bond donors (Lipinski definition) is 2. The molecule has 10 heteroatoms. The van der Waals surface area contributed by atoms with Crippen molar-refractivity contribution in [2.45, 2.75) is 31.5 Å². The molecule has 2 N–H and O–H groups in total. The first-order valence-electron chi connectivity index (χ1n) is 11.4. The maximum absolute atomic E-state index is 13.5. The van der Waals surface area contributed by atoms with Crippen LogP contribution in [0.4, 0.5) is 4.39 Å². The molecular weight excluding hydrogens is 487 g/mol. The first kappa shape index (κ1) is 22.3. The van der Waals surface area contributed by atoms with E-state index in [0.29, 0.717) is 35.1 Å². The minimum Gasteiger partial charge on any atom is -0.502 e. The summed E-state index contributed by atoms with van der Waals surface area (Å²) in [6, 6.07) is 11.5. The second-order valence-corrected chi connectivity index (χ2v) is 9.59. The van der Waals surface area contributed by atoms with E-state index in [1.54, 1.807) is 12.1 Å². The molecule has 3 aliphatic rings. The normalized spacial score (nSPS) is 19.6. The first-order valence-corrected chi connectivity index (χ1v) is 11.7. The molecule has 36 heavy (non-hydrogen) atoms. The second kappa shape index (κ2) is 7.67. The lowest BCUT2D eigenvalue weighted by Gasteiger charge is -2.32. The zero-order valence-electron chi connectivity index (χ0n) is 18.8. The van der Waals surface area contributed by atoms with Crippen LogP contribution >= 0.6 is 11.6 Å². The molecule has 6 rings (SSSR count). The van der Waals surface area contributed by atoms with Gasteiger partial charge in [0, 0.05) is 24.2 Å². The Morgan fingerprint density at radius 2 is 2.00 bits per heavy atom. The summed E-state index contributed by atoms with van der Waals surface area (Å²) in [5.74, 6) is -2.45. The summed E-state index contributed by atoms with van der Waals surface area (Å²) in [4.78, 5) is 41.7. The maximum Gasteiger partial charge on any atom is 0.296 e.